The van der Waals surface area contributed by atoms with Gasteiger partial charge in [-0.15, -0.1) is 0 Å². The molecule has 0 aliphatic carbocycles. The van der Waals surface area contributed by atoms with Crippen LogP contribution in [-0.4, -0.2) is 37.5 Å². The molecule has 0 bridgehead atoms. The van der Waals surface area contributed by atoms with Crippen LogP contribution in [0.25, 0.3) is 0 Å². The SMILES string of the molecule is CCOC(=O)CCC(=O)NCCNC(=O)c1ccc(F)c(F)c1F. The average molecular weight is 346 g/mol. The number of esters is 1. The van der Waals surface area contributed by atoms with Gasteiger partial charge in [0.2, 0.25) is 5.91 Å². The molecule has 0 saturated carbocycles. The van der Waals surface area contributed by atoms with E-state index in [2.05, 4.69) is 15.4 Å². The number of carbonyl (C=O) groups excluding carboxylic acids is 3. The molecule has 1 rings (SSSR count). The summed E-state index contributed by atoms with van der Waals surface area (Å²) in [6.07, 6.45) is -0.128. The van der Waals surface area contributed by atoms with Gasteiger partial charge in [0.05, 0.1) is 18.6 Å². The number of carbonyl (C=O) groups is 3. The number of rotatable bonds is 8. The van der Waals surface area contributed by atoms with Gasteiger partial charge in [-0.3, -0.25) is 14.4 Å². The van der Waals surface area contributed by atoms with Crippen molar-refractivity contribution >= 4 is 17.8 Å². The topological polar surface area (TPSA) is 84.5 Å². The molecule has 0 spiro atoms. The number of halogens is 3. The Bertz CT molecular complexity index is 623. The first kappa shape index (κ1) is 19.5. The van der Waals surface area contributed by atoms with Crippen LogP contribution in [0.2, 0.25) is 0 Å². The molecule has 0 unspecified atom stereocenters. The van der Waals surface area contributed by atoms with Gasteiger partial charge in [0, 0.05) is 19.5 Å². The number of ether oxygens (including phenoxy) is 1. The fraction of sp³-hybridized carbons (Fsp3) is 0.400. The Kier molecular flexibility index (Phi) is 7.73. The van der Waals surface area contributed by atoms with Crippen LogP contribution >= 0.6 is 0 Å². The van der Waals surface area contributed by atoms with Crippen LogP contribution in [0.1, 0.15) is 30.1 Å². The number of hydrogen-bond acceptors (Lipinski definition) is 4. The molecule has 0 aliphatic rings. The summed E-state index contributed by atoms with van der Waals surface area (Å²) in [7, 11) is 0. The molecular weight excluding hydrogens is 329 g/mol. The van der Waals surface area contributed by atoms with Gasteiger partial charge in [-0.2, -0.15) is 0 Å². The fourth-order valence-electron chi connectivity index (χ4n) is 1.71. The minimum Gasteiger partial charge on any atom is -0.466 e. The van der Waals surface area contributed by atoms with E-state index in [0.29, 0.717) is 6.07 Å². The van der Waals surface area contributed by atoms with Crippen molar-refractivity contribution in [2.45, 2.75) is 19.8 Å². The van der Waals surface area contributed by atoms with E-state index in [1.54, 1.807) is 6.92 Å². The second-order valence-corrected chi connectivity index (χ2v) is 4.63. The lowest BCUT2D eigenvalue weighted by atomic mass is 10.2. The van der Waals surface area contributed by atoms with Crippen LogP contribution < -0.4 is 10.6 Å². The molecule has 0 aromatic heterocycles. The predicted octanol–water partition coefficient (Wildman–Crippen LogP) is 1.29. The molecule has 0 heterocycles. The first-order valence-electron chi connectivity index (χ1n) is 7.20. The van der Waals surface area contributed by atoms with Gasteiger partial charge in [-0.25, -0.2) is 13.2 Å². The van der Waals surface area contributed by atoms with Crippen molar-refractivity contribution in [3.63, 3.8) is 0 Å². The van der Waals surface area contributed by atoms with E-state index in [4.69, 9.17) is 0 Å². The Morgan fingerprint density at radius 3 is 2.33 bits per heavy atom. The molecule has 24 heavy (non-hydrogen) atoms. The average Bonchev–Trinajstić information content (AvgIpc) is 2.55. The summed E-state index contributed by atoms with van der Waals surface area (Å²) in [4.78, 5) is 34.1. The lowest BCUT2D eigenvalue weighted by molar-refractivity contribution is -0.144. The van der Waals surface area contributed by atoms with Crippen LogP contribution in [-0.2, 0) is 14.3 Å². The van der Waals surface area contributed by atoms with Crippen molar-refractivity contribution < 1.29 is 32.3 Å². The third-order valence-electron chi connectivity index (χ3n) is 2.87. The number of benzene rings is 1. The Hall–Kier alpha value is -2.58. The zero-order chi connectivity index (χ0) is 18.1. The summed E-state index contributed by atoms with van der Waals surface area (Å²) in [6, 6.07) is 1.46. The van der Waals surface area contributed by atoms with Crippen LogP contribution in [0.5, 0.6) is 0 Å². The summed E-state index contributed by atoms with van der Waals surface area (Å²) in [6.45, 7) is 1.85. The molecule has 0 saturated heterocycles. The van der Waals surface area contributed by atoms with Crippen molar-refractivity contribution in [2.24, 2.45) is 0 Å². The lowest BCUT2D eigenvalue weighted by Gasteiger charge is -2.08. The molecule has 1 aromatic carbocycles. The van der Waals surface area contributed by atoms with Crippen LogP contribution in [0.15, 0.2) is 12.1 Å². The van der Waals surface area contributed by atoms with Crippen LogP contribution in [0, 0.1) is 17.5 Å². The van der Waals surface area contributed by atoms with Crippen molar-refractivity contribution in [3.8, 4) is 0 Å². The molecule has 6 nitrogen and oxygen atoms in total. The monoisotopic (exact) mass is 346 g/mol. The second kappa shape index (κ2) is 9.53. The first-order chi connectivity index (χ1) is 11.4. The zero-order valence-electron chi connectivity index (χ0n) is 13.0. The van der Waals surface area contributed by atoms with Gasteiger partial charge in [-0.05, 0) is 19.1 Å². The van der Waals surface area contributed by atoms with Crippen LogP contribution in [0.4, 0.5) is 13.2 Å². The molecular formula is C15H17F3N2O4. The van der Waals surface area contributed by atoms with Gasteiger partial charge in [0.15, 0.2) is 17.5 Å². The third-order valence-corrected chi connectivity index (χ3v) is 2.87. The van der Waals surface area contributed by atoms with Crippen molar-refractivity contribution in [1.82, 2.24) is 10.6 Å². The maximum atomic E-state index is 13.4. The van der Waals surface area contributed by atoms with Gasteiger partial charge in [-0.1, -0.05) is 0 Å². The Balaban J connectivity index is 2.33. The molecule has 9 heteroatoms. The predicted molar refractivity (Wildman–Crippen MR) is 77.5 cm³/mol. The minimum absolute atomic E-state index is 0.0265. The maximum Gasteiger partial charge on any atom is 0.306 e. The summed E-state index contributed by atoms with van der Waals surface area (Å²) in [5.41, 5.74) is -0.637. The number of hydrogen-bond donors (Lipinski definition) is 2. The second-order valence-electron chi connectivity index (χ2n) is 4.63. The molecule has 0 aliphatic heterocycles. The van der Waals surface area contributed by atoms with Gasteiger partial charge in [0.25, 0.3) is 5.91 Å². The molecule has 0 radical (unpaired) electrons. The third kappa shape index (κ3) is 5.90. The summed E-state index contributed by atoms with van der Waals surface area (Å²) in [5.74, 6) is -6.54. The molecule has 2 N–H and O–H groups in total. The molecule has 0 atom stereocenters. The summed E-state index contributed by atoms with van der Waals surface area (Å²) >= 11 is 0. The summed E-state index contributed by atoms with van der Waals surface area (Å²) < 4.78 is 43.9. The zero-order valence-corrected chi connectivity index (χ0v) is 13.0. The highest BCUT2D eigenvalue weighted by Gasteiger charge is 2.18. The maximum absolute atomic E-state index is 13.4. The number of amides is 2. The van der Waals surface area contributed by atoms with Gasteiger partial charge >= 0.3 is 5.97 Å². The van der Waals surface area contributed by atoms with Crippen molar-refractivity contribution in [1.29, 1.82) is 0 Å². The van der Waals surface area contributed by atoms with E-state index in [1.165, 1.54) is 0 Å². The Morgan fingerprint density at radius 1 is 1.00 bits per heavy atom. The van der Waals surface area contributed by atoms with E-state index in [9.17, 15) is 27.6 Å². The highest BCUT2D eigenvalue weighted by molar-refractivity contribution is 5.94. The highest BCUT2D eigenvalue weighted by Crippen LogP contribution is 2.14. The minimum atomic E-state index is -1.73. The van der Waals surface area contributed by atoms with Gasteiger partial charge < -0.3 is 15.4 Å². The van der Waals surface area contributed by atoms with E-state index in [1.807, 2.05) is 0 Å². The van der Waals surface area contributed by atoms with E-state index in [0.717, 1.165) is 6.07 Å². The van der Waals surface area contributed by atoms with E-state index in [-0.39, 0.29) is 32.5 Å². The molecule has 1 aromatic rings. The first-order valence-corrected chi connectivity index (χ1v) is 7.20. The van der Waals surface area contributed by atoms with Crippen molar-refractivity contribution in [2.75, 3.05) is 19.7 Å². The number of nitrogens with one attached hydrogen (secondary N) is 2. The molecule has 132 valence electrons. The Labute approximate surface area is 136 Å². The molecule has 2 amide bonds. The quantitative estimate of drug-likeness (QED) is 0.422. The smallest absolute Gasteiger partial charge is 0.306 e. The van der Waals surface area contributed by atoms with Crippen LogP contribution in [0.3, 0.4) is 0 Å². The standard InChI is InChI=1S/C15H17F3N2O4/c1-2-24-12(22)6-5-11(21)19-7-8-20-15(23)9-3-4-10(16)14(18)13(9)17/h3-4H,2,5-8H2,1H3,(H,19,21)(H,20,23). The van der Waals surface area contributed by atoms with Gasteiger partial charge in [0.1, 0.15) is 0 Å². The normalized spacial score (nSPS) is 10.2. The Morgan fingerprint density at radius 2 is 1.67 bits per heavy atom. The molecule has 0 fully saturated rings. The largest absolute Gasteiger partial charge is 0.466 e. The van der Waals surface area contributed by atoms with E-state index >= 15 is 0 Å². The van der Waals surface area contributed by atoms with E-state index < -0.39 is 40.8 Å². The lowest BCUT2D eigenvalue weighted by Crippen LogP contribution is -2.35. The highest BCUT2D eigenvalue weighted by atomic mass is 19.2. The van der Waals surface area contributed by atoms with Crippen molar-refractivity contribution in [3.05, 3.63) is 35.1 Å². The summed E-state index contributed by atoms with van der Waals surface area (Å²) in [5, 5.41) is 4.69. The fourth-order valence-corrected chi connectivity index (χ4v) is 1.71.